The van der Waals surface area contributed by atoms with E-state index in [9.17, 15) is 22.0 Å². The topological polar surface area (TPSA) is 9.23 Å². The second kappa shape index (κ2) is 12.4. The van der Waals surface area contributed by atoms with Gasteiger partial charge in [0.15, 0.2) is 0 Å². The summed E-state index contributed by atoms with van der Waals surface area (Å²) in [6.07, 6.45) is -2.59. The van der Waals surface area contributed by atoms with Gasteiger partial charge in [0.2, 0.25) is 0 Å². The van der Waals surface area contributed by atoms with Gasteiger partial charge >= 0.3 is 12.3 Å². The largest absolute Gasteiger partial charge is 0.422 e. The second-order valence-electron chi connectivity index (χ2n) is 12.8. The van der Waals surface area contributed by atoms with Crippen LogP contribution in [0.1, 0.15) is 124 Å². The third kappa shape index (κ3) is 6.97. The molecule has 9 heteroatoms. The van der Waals surface area contributed by atoms with E-state index in [-0.39, 0.29) is 55.8 Å². The number of benzene rings is 2. The summed E-state index contributed by atoms with van der Waals surface area (Å²) in [4.78, 5) is 0. The fourth-order valence-corrected chi connectivity index (χ4v) is 7.39. The van der Waals surface area contributed by atoms with Crippen LogP contribution in [0.25, 0.3) is 0 Å². The van der Waals surface area contributed by atoms with Gasteiger partial charge in [0.05, 0.1) is 12.0 Å². The maximum Gasteiger partial charge on any atom is 0.422 e. The summed E-state index contributed by atoms with van der Waals surface area (Å²) in [5, 5.41) is 0. The molecule has 0 radical (unpaired) electrons. The average molecular weight is 603 g/mol. The molecule has 42 heavy (non-hydrogen) atoms. The molecule has 0 atom stereocenters. The first-order chi connectivity index (χ1) is 19.8. The monoisotopic (exact) mass is 602 g/mol. The van der Waals surface area contributed by atoms with Crippen molar-refractivity contribution in [2.24, 2.45) is 11.8 Å². The standard InChI is InChI=1S/C33H38F8O/c1-19-2-4-20(5-3-19)23-10-15-27(28(34)16-23)22-6-11-25(12-7-22)33(40,41)42-26-13-8-21(9-14-26)24-17-29(35)31(30(36)18-24)32(37,38)39/h10,15-22,25-26H,2-9,11-14H2,1H3. The SMILES string of the molecule is CC1CCC(c2ccc(C3CCC(C(F)(F)OC4CCC(c5cc(F)c(C(F)(F)F)c(F)c5)CC4)CC3)c(F)c2)CC1. The van der Waals surface area contributed by atoms with E-state index >= 15 is 13.2 Å². The quantitative estimate of drug-likeness (QED) is 0.299. The van der Waals surface area contributed by atoms with E-state index in [1.165, 1.54) is 0 Å². The molecular formula is C33H38F8O. The third-order valence-corrected chi connectivity index (χ3v) is 9.97. The van der Waals surface area contributed by atoms with E-state index in [1.807, 2.05) is 12.1 Å². The number of rotatable bonds is 6. The first-order valence-corrected chi connectivity index (χ1v) is 15.2. The maximum atomic E-state index is 15.2. The molecule has 232 valence electrons. The molecule has 3 fully saturated rings. The first kappa shape index (κ1) is 31.3. The van der Waals surface area contributed by atoms with Crippen molar-refractivity contribution in [3.63, 3.8) is 0 Å². The zero-order valence-electron chi connectivity index (χ0n) is 23.8. The van der Waals surface area contributed by atoms with E-state index < -0.39 is 47.4 Å². The molecule has 0 saturated heterocycles. The van der Waals surface area contributed by atoms with Gasteiger partial charge < -0.3 is 4.74 Å². The molecule has 3 saturated carbocycles. The van der Waals surface area contributed by atoms with Crippen LogP contribution in [0, 0.1) is 29.3 Å². The lowest BCUT2D eigenvalue weighted by molar-refractivity contribution is -0.300. The second-order valence-corrected chi connectivity index (χ2v) is 12.8. The van der Waals surface area contributed by atoms with E-state index in [4.69, 9.17) is 4.74 Å². The predicted octanol–water partition coefficient (Wildman–Crippen LogP) is 11.0. The van der Waals surface area contributed by atoms with E-state index in [1.54, 1.807) is 6.07 Å². The summed E-state index contributed by atoms with van der Waals surface area (Å²) < 4.78 is 117. The van der Waals surface area contributed by atoms with Crippen molar-refractivity contribution in [1.82, 2.24) is 0 Å². The number of hydrogen-bond donors (Lipinski definition) is 0. The van der Waals surface area contributed by atoms with Gasteiger partial charge in [-0.1, -0.05) is 31.9 Å². The van der Waals surface area contributed by atoms with Crippen molar-refractivity contribution < 1.29 is 39.9 Å². The van der Waals surface area contributed by atoms with Crippen molar-refractivity contribution in [2.45, 2.75) is 120 Å². The van der Waals surface area contributed by atoms with Gasteiger partial charge in [-0.2, -0.15) is 22.0 Å². The lowest BCUT2D eigenvalue weighted by Gasteiger charge is -2.37. The van der Waals surface area contributed by atoms with Gasteiger partial charge in [-0.05, 0) is 123 Å². The molecule has 3 aliphatic rings. The number of hydrogen-bond acceptors (Lipinski definition) is 1. The van der Waals surface area contributed by atoms with Crippen LogP contribution in [-0.2, 0) is 10.9 Å². The lowest BCUT2D eigenvalue weighted by Crippen LogP contribution is -2.38. The van der Waals surface area contributed by atoms with E-state index in [0.717, 1.165) is 31.2 Å². The Balaban J connectivity index is 1.12. The lowest BCUT2D eigenvalue weighted by atomic mass is 9.76. The molecule has 0 unspecified atom stereocenters. The molecule has 1 nitrogen and oxygen atoms in total. The number of ether oxygens (including phenoxy) is 1. The Kier molecular flexibility index (Phi) is 9.27. The number of halogens is 8. The molecule has 0 spiro atoms. The van der Waals surface area contributed by atoms with Crippen molar-refractivity contribution in [1.29, 1.82) is 0 Å². The molecule has 2 aromatic carbocycles. The molecule has 0 N–H and O–H groups in total. The minimum Gasteiger partial charge on any atom is -0.317 e. The van der Waals surface area contributed by atoms with Crippen LogP contribution in [0.15, 0.2) is 30.3 Å². The fourth-order valence-electron chi connectivity index (χ4n) is 7.39. The van der Waals surface area contributed by atoms with Gasteiger partial charge in [0.1, 0.15) is 23.0 Å². The molecule has 0 heterocycles. The van der Waals surface area contributed by atoms with Gasteiger partial charge in [0.25, 0.3) is 0 Å². The van der Waals surface area contributed by atoms with Gasteiger partial charge in [-0.25, -0.2) is 13.2 Å². The normalized spacial score (nSPS) is 29.5. The summed E-state index contributed by atoms with van der Waals surface area (Å²) in [5.41, 5.74) is -0.207. The Hall–Kier alpha value is -2.16. The molecular weight excluding hydrogens is 564 g/mol. The molecule has 3 aliphatic carbocycles. The Morgan fingerprint density at radius 3 is 1.64 bits per heavy atom. The highest BCUT2D eigenvalue weighted by Gasteiger charge is 2.45. The Morgan fingerprint density at radius 2 is 1.10 bits per heavy atom. The summed E-state index contributed by atoms with van der Waals surface area (Å²) in [5.74, 6) is -4.05. The van der Waals surface area contributed by atoms with Crippen molar-refractivity contribution in [3.05, 3.63) is 70.0 Å². The highest BCUT2D eigenvalue weighted by Crippen LogP contribution is 2.46. The van der Waals surface area contributed by atoms with Crippen LogP contribution in [0.4, 0.5) is 35.1 Å². The molecule has 0 aliphatic heterocycles. The van der Waals surface area contributed by atoms with E-state index in [2.05, 4.69) is 6.92 Å². The average Bonchev–Trinajstić information content (AvgIpc) is 2.92. The van der Waals surface area contributed by atoms with Crippen molar-refractivity contribution in [2.75, 3.05) is 0 Å². The summed E-state index contributed by atoms with van der Waals surface area (Å²) >= 11 is 0. The Bertz CT molecular complexity index is 1190. The molecule has 0 bridgehead atoms. The smallest absolute Gasteiger partial charge is 0.317 e. The summed E-state index contributed by atoms with van der Waals surface area (Å²) in [7, 11) is 0. The van der Waals surface area contributed by atoms with Crippen LogP contribution >= 0.6 is 0 Å². The van der Waals surface area contributed by atoms with Gasteiger partial charge in [-0.15, -0.1) is 0 Å². The van der Waals surface area contributed by atoms with Crippen LogP contribution in [0.5, 0.6) is 0 Å². The zero-order chi connectivity index (χ0) is 30.2. The molecule has 0 aromatic heterocycles. The summed E-state index contributed by atoms with van der Waals surface area (Å²) in [6, 6.07) is 6.88. The first-order valence-electron chi connectivity index (χ1n) is 15.2. The zero-order valence-corrected chi connectivity index (χ0v) is 23.8. The van der Waals surface area contributed by atoms with Crippen LogP contribution in [0.2, 0.25) is 0 Å². The molecule has 5 rings (SSSR count). The minimum atomic E-state index is -5.14. The molecule has 0 amide bonds. The highest BCUT2D eigenvalue weighted by atomic mass is 19.4. The fraction of sp³-hybridized carbons (Fsp3) is 0.636. The van der Waals surface area contributed by atoms with Crippen LogP contribution in [0.3, 0.4) is 0 Å². The maximum absolute atomic E-state index is 15.2. The predicted molar refractivity (Wildman–Crippen MR) is 144 cm³/mol. The number of alkyl halides is 5. The van der Waals surface area contributed by atoms with Gasteiger partial charge in [0, 0.05) is 0 Å². The Labute approximate surface area is 242 Å². The third-order valence-electron chi connectivity index (χ3n) is 9.97. The van der Waals surface area contributed by atoms with Crippen molar-refractivity contribution >= 4 is 0 Å². The summed E-state index contributed by atoms with van der Waals surface area (Å²) in [6.45, 7) is 2.24. The van der Waals surface area contributed by atoms with Crippen LogP contribution in [-0.4, -0.2) is 12.2 Å². The molecule has 2 aromatic rings. The Morgan fingerprint density at radius 1 is 0.595 bits per heavy atom. The van der Waals surface area contributed by atoms with Crippen LogP contribution < -0.4 is 0 Å². The van der Waals surface area contributed by atoms with Gasteiger partial charge in [-0.3, -0.25) is 0 Å². The highest BCUT2D eigenvalue weighted by molar-refractivity contribution is 5.31. The minimum absolute atomic E-state index is 0.0927. The van der Waals surface area contributed by atoms with E-state index in [0.29, 0.717) is 42.4 Å². The van der Waals surface area contributed by atoms with Crippen molar-refractivity contribution in [3.8, 4) is 0 Å².